The molecule has 1 aliphatic carbocycles. The second kappa shape index (κ2) is 14.0. The van der Waals surface area contributed by atoms with Crippen LogP contribution in [0.3, 0.4) is 0 Å². The quantitative estimate of drug-likeness (QED) is 0.273. The molecular formula is C25H42O5. The average Bonchev–Trinajstić information content (AvgIpc) is 3.12. The van der Waals surface area contributed by atoms with Crippen molar-refractivity contribution < 1.29 is 24.2 Å². The molecule has 2 atom stereocenters. The van der Waals surface area contributed by atoms with E-state index in [0.29, 0.717) is 32.5 Å². The van der Waals surface area contributed by atoms with Gasteiger partial charge < -0.3 is 14.6 Å². The van der Waals surface area contributed by atoms with Gasteiger partial charge in [-0.05, 0) is 44.1 Å². The summed E-state index contributed by atoms with van der Waals surface area (Å²) in [4.78, 5) is 24.0. The second-order valence-corrected chi connectivity index (χ2v) is 8.98. The third-order valence-electron chi connectivity index (χ3n) is 6.36. The zero-order valence-electron chi connectivity index (χ0n) is 19.0. The van der Waals surface area contributed by atoms with Crippen molar-refractivity contribution in [1.29, 1.82) is 0 Å². The van der Waals surface area contributed by atoms with Crippen LogP contribution in [0.2, 0.25) is 0 Å². The van der Waals surface area contributed by atoms with E-state index >= 15 is 0 Å². The summed E-state index contributed by atoms with van der Waals surface area (Å²) in [7, 11) is 0. The molecule has 0 spiro atoms. The molecule has 0 bridgehead atoms. The Bertz CT molecular complexity index is 548. The molecule has 0 radical (unpaired) electrons. The highest BCUT2D eigenvalue weighted by Crippen LogP contribution is 2.38. The van der Waals surface area contributed by atoms with Gasteiger partial charge in [0, 0.05) is 25.2 Å². The molecule has 0 amide bonds. The molecule has 2 aliphatic rings. The fourth-order valence-electron chi connectivity index (χ4n) is 4.41. The van der Waals surface area contributed by atoms with E-state index < -0.39 is 5.79 Å². The number of ether oxygens (including phenoxy) is 2. The number of carbonyl (C=O) groups is 2. The Labute approximate surface area is 182 Å². The summed E-state index contributed by atoms with van der Waals surface area (Å²) in [5, 5.41) is 10.7. The van der Waals surface area contributed by atoms with Gasteiger partial charge in [-0.1, -0.05) is 57.9 Å². The van der Waals surface area contributed by atoms with Gasteiger partial charge in [-0.15, -0.1) is 0 Å². The Balaban J connectivity index is 1.48. The van der Waals surface area contributed by atoms with E-state index in [0.717, 1.165) is 76.2 Å². The average molecular weight is 423 g/mol. The number of esters is 1. The fraction of sp³-hybridized carbons (Fsp3) is 0.840. The van der Waals surface area contributed by atoms with Crippen LogP contribution in [0, 0.1) is 5.92 Å². The molecule has 172 valence electrons. The van der Waals surface area contributed by atoms with Crippen LogP contribution in [0.25, 0.3) is 0 Å². The molecule has 2 rings (SSSR count). The SMILES string of the molecule is CCCCCCOC(=O)CCCCCCCCC1=CC(C2(O)CCCCO2)CC1=O. The van der Waals surface area contributed by atoms with Crippen LogP contribution in [-0.2, 0) is 19.1 Å². The van der Waals surface area contributed by atoms with Crippen molar-refractivity contribution in [3.05, 3.63) is 11.6 Å². The predicted octanol–water partition coefficient (Wildman–Crippen LogP) is 5.64. The van der Waals surface area contributed by atoms with Crippen LogP contribution >= 0.6 is 0 Å². The molecule has 1 fully saturated rings. The minimum atomic E-state index is -1.13. The highest BCUT2D eigenvalue weighted by atomic mass is 16.6. The summed E-state index contributed by atoms with van der Waals surface area (Å²) in [5.74, 6) is -1.19. The van der Waals surface area contributed by atoms with Gasteiger partial charge in [-0.2, -0.15) is 0 Å². The topological polar surface area (TPSA) is 72.8 Å². The first-order chi connectivity index (χ1) is 14.5. The van der Waals surface area contributed by atoms with Gasteiger partial charge in [0.05, 0.1) is 13.2 Å². The number of Topliss-reactive ketones (excluding diaryl/α,β-unsaturated/α-hetero) is 1. The van der Waals surface area contributed by atoms with Gasteiger partial charge >= 0.3 is 5.97 Å². The van der Waals surface area contributed by atoms with Crippen molar-refractivity contribution in [3.63, 3.8) is 0 Å². The molecule has 2 unspecified atom stereocenters. The Hall–Kier alpha value is -1.20. The van der Waals surface area contributed by atoms with Gasteiger partial charge in [0.25, 0.3) is 0 Å². The largest absolute Gasteiger partial charge is 0.466 e. The normalized spacial score (nSPS) is 24.1. The van der Waals surface area contributed by atoms with Gasteiger partial charge in [-0.3, -0.25) is 9.59 Å². The third kappa shape index (κ3) is 8.89. The molecule has 1 N–H and O–H groups in total. The fourth-order valence-corrected chi connectivity index (χ4v) is 4.41. The second-order valence-electron chi connectivity index (χ2n) is 8.98. The van der Waals surface area contributed by atoms with Gasteiger partial charge in [0.15, 0.2) is 11.6 Å². The molecule has 0 aromatic carbocycles. The number of unbranched alkanes of at least 4 members (excludes halogenated alkanes) is 8. The van der Waals surface area contributed by atoms with Crippen molar-refractivity contribution >= 4 is 11.8 Å². The highest BCUT2D eigenvalue weighted by molar-refractivity contribution is 5.98. The van der Waals surface area contributed by atoms with Crippen LogP contribution in [0.15, 0.2) is 11.6 Å². The lowest BCUT2D eigenvalue weighted by Gasteiger charge is -2.36. The minimum absolute atomic E-state index is 0.0589. The lowest BCUT2D eigenvalue weighted by Crippen LogP contribution is -2.42. The third-order valence-corrected chi connectivity index (χ3v) is 6.36. The maximum absolute atomic E-state index is 12.3. The zero-order chi connectivity index (χ0) is 21.7. The summed E-state index contributed by atoms with van der Waals surface area (Å²) < 4.78 is 10.9. The van der Waals surface area contributed by atoms with E-state index in [-0.39, 0.29) is 17.7 Å². The van der Waals surface area contributed by atoms with E-state index in [1.165, 1.54) is 12.8 Å². The van der Waals surface area contributed by atoms with E-state index in [2.05, 4.69) is 6.92 Å². The number of rotatable bonds is 15. The van der Waals surface area contributed by atoms with Crippen molar-refractivity contribution in [1.82, 2.24) is 0 Å². The number of carbonyl (C=O) groups excluding carboxylic acids is 2. The van der Waals surface area contributed by atoms with Crippen LogP contribution in [0.1, 0.15) is 110 Å². The first kappa shape index (κ1) is 25.1. The predicted molar refractivity (Wildman–Crippen MR) is 118 cm³/mol. The number of hydrogen-bond donors (Lipinski definition) is 1. The van der Waals surface area contributed by atoms with Crippen molar-refractivity contribution in [2.24, 2.45) is 5.92 Å². The molecule has 1 aliphatic heterocycles. The highest BCUT2D eigenvalue weighted by Gasteiger charge is 2.42. The summed E-state index contributed by atoms with van der Waals surface area (Å²) >= 11 is 0. The summed E-state index contributed by atoms with van der Waals surface area (Å²) in [6.45, 7) is 3.32. The maximum atomic E-state index is 12.3. The molecule has 5 nitrogen and oxygen atoms in total. The molecule has 30 heavy (non-hydrogen) atoms. The summed E-state index contributed by atoms with van der Waals surface area (Å²) in [5.41, 5.74) is 0.879. The monoisotopic (exact) mass is 422 g/mol. The van der Waals surface area contributed by atoms with Crippen LogP contribution in [0.5, 0.6) is 0 Å². The van der Waals surface area contributed by atoms with E-state index in [1.54, 1.807) is 0 Å². The Kier molecular flexibility index (Phi) is 11.7. The number of hydrogen-bond acceptors (Lipinski definition) is 5. The standard InChI is InChI=1S/C25H42O5/c1-2-3-4-12-17-29-24(27)15-10-8-6-5-7-9-14-21-19-22(20-23(21)26)25(28)16-11-13-18-30-25/h19,22,28H,2-18,20H2,1H3. The summed E-state index contributed by atoms with van der Waals surface area (Å²) in [6, 6.07) is 0. The molecular weight excluding hydrogens is 380 g/mol. The van der Waals surface area contributed by atoms with Crippen LogP contribution in [0.4, 0.5) is 0 Å². The number of aliphatic hydroxyl groups is 1. The first-order valence-corrected chi connectivity index (χ1v) is 12.3. The number of ketones is 1. The van der Waals surface area contributed by atoms with Gasteiger partial charge in [0.1, 0.15) is 0 Å². The van der Waals surface area contributed by atoms with Crippen LogP contribution < -0.4 is 0 Å². The molecule has 5 heteroatoms. The van der Waals surface area contributed by atoms with Crippen molar-refractivity contribution in [3.8, 4) is 0 Å². The lowest BCUT2D eigenvalue weighted by molar-refractivity contribution is -0.246. The summed E-state index contributed by atoms with van der Waals surface area (Å²) in [6.07, 6.45) is 17.1. The molecule has 0 saturated carbocycles. The van der Waals surface area contributed by atoms with E-state index in [4.69, 9.17) is 9.47 Å². The minimum Gasteiger partial charge on any atom is -0.466 e. The Morgan fingerprint density at radius 3 is 2.57 bits per heavy atom. The Morgan fingerprint density at radius 2 is 1.83 bits per heavy atom. The van der Waals surface area contributed by atoms with E-state index in [9.17, 15) is 14.7 Å². The van der Waals surface area contributed by atoms with Gasteiger partial charge in [0.2, 0.25) is 0 Å². The van der Waals surface area contributed by atoms with Crippen molar-refractivity contribution in [2.45, 2.75) is 115 Å². The first-order valence-electron chi connectivity index (χ1n) is 12.3. The maximum Gasteiger partial charge on any atom is 0.305 e. The van der Waals surface area contributed by atoms with Crippen molar-refractivity contribution in [2.75, 3.05) is 13.2 Å². The number of allylic oxidation sites excluding steroid dienone is 1. The smallest absolute Gasteiger partial charge is 0.305 e. The van der Waals surface area contributed by atoms with Gasteiger partial charge in [-0.25, -0.2) is 0 Å². The lowest BCUT2D eigenvalue weighted by atomic mass is 9.91. The van der Waals surface area contributed by atoms with E-state index in [1.807, 2.05) is 6.08 Å². The van der Waals surface area contributed by atoms with Crippen LogP contribution in [-0.4, -0.2) is 35.9 Å². The molecule has 1 saturated heterocycles. The Morgan fingerprint density at radius 1 is 1.10 bits per heavy atom. The molecule has 1 heterocycles. The molecule has 0 aromatic heterocycles. The molecule has 0 aromatic rings. The zero-order valence-corrected chi connectivity index (χ0v) is 19.0.